The summed E-state index contributed by atoms with van der Waals surface area (Å²) in [5.41, 5.74) is 2.55. The Hall–Kier alpha value is -4.52. The average molecular weight is 476 g/mol. The van der Waals surface area contributed by atoms with Gasteiger partial charge < -0.3 is 45.6 Å². The van der Waals surface area contributed by atoms with Crippen LogP contribution in [0.5, 0.6) is 0 Å². The number of carbonyl (C=O) groups is 4. The molecule has 0 aliphatic carbocycles. The van der Waals surface area contributed by atoms with Gasteiger partial charge in [0.05, 0.1) is 0 Å². The topological polar surface area (TPSA) is 239 Å². The second-order valence-electron chi connectivity index (χ2n) is 4.64. The lowest BCUT2D eigenvalue weighted by Gasteiger charge is -1.98. The highest BCUT2D eigenvalue weighted by Crippen LogP contribution is 2.17. The van der Waals surface area contributed by atoms with Crippen molar-refractivity contribution in [2.24, 2.45) is 0 Å². The van der Waals surface area contributed by atoms with E-state index in [2.05, 4.69) is 48.5 Å². The van der Waals surface area contributed by atoms with Gasteiger partial charge in [0.2, 0.25) is 0 Å². The van der Waals surface area contributed by atoms with Crippen LogP contribution in [0.2, 0.25) is 0 Å². The Morgan fingerprint density at radius 3 is 0.818 bits per heavy atom. The van der Waals surface area contributed by atoms with E-state index in [1.807, 2.05) is 26.0 Å². The molecule has 2 aromatic rings. The molecule has 2 aromatic carbocycles. The standard InChI is InChI=1S/C12H10.C4H10O.4CH2O3/c1-3-7-11(8-4-1)12-9-5-2-6-10-12;1-3-5-4-2;4*2-1(3)4/h1-10H;3-4H2,1-2H3;4*(H2,2,3,4). The molecular formula is C20H28O13. The van der Waals surface area contributed by atoms with E-state index in [0.717, 1.165) is 13.2 Å². The van der Waals surface area contributed by atoms with Gasteiger partial charge in [-0.2, -0.15) is 0 Å². The first-order valence-electron chi connectivity index (χ1n) is 8.67. The minimum absolute atomic E-state index is 0.844. The molecule has 0 spiro atoms. The van der Waals surface area contributed by atoms with Crippen LogP contribution in [0.25, 0.3) is 11.1 Å². The summed E-state index contributed by atoms with van der Waals surface area (Å²) in [5.74, 6) is 0. The van der Waals surface area contributed by atoms with Crippen LogP contribution in [0.3, 0.4) is 0 Å². The molecule has 13 heteroatoms. The van der Waals surface area contributed by atoms with E-state index in [9.17, 15) is 0 Å². The third-order valence-corrected chi connectivity index (χ3v) is 2.29. The molecule has 0 radical (unpaired) electrons. The van der Waals surface area contributed by atoms with Crippen molar-refractivity contribution in [2.75, 3.05) is 13.2 Å². The Balaban J connectivity index is -0.000000170. The number of rotatable bonds is 3. The fourth-order valence-electron chi connectivity index (χ4n) is 1.47. The van der Waals surface area contributed by atoms with Crippen molar-refractivity contribution in [1.29, 1.82) is 0 Å². The Labute approximate surface area is 189 Å². The lowest BCUT2D eigenvalue weighted by Crippen LogP contribution is -1.84. The molecule has 0 aromatic heterocycles. The zero-order valence-electron chi connectivity index (χ0n) is 17.8. The molecule has 13 nitrogen and oxygen atoms in total. The Morgan fingerprint density at radius 1 is 0.515 bits per heavy atom. The quantitative estimate of drug-likeness (QED) is 0.281. The molecular weight excluding hydrogens is 448 g/mol. The number of hydrogen-bond donors (Lipinski definition) is 8. The lowest BCUT2D eigenvalue weighted by molar-refractivity contribution is 0.135. The summed E-state index contributed by atoms with van der Waals surface area (Å²) in [7, 11) is 0. The fraction of sp³-hybridized carbons (Fsp3) is 0.200. The van der Waals surface area contributed by atoms with Crippen molar-refractivity contribution in [2.45, 2.75) is 13.8 Å². The van der Waals surface area contributed by atoms with Crippen LogP contribution in [0, 0.1) is 0 Å². The SMILES string of the molecule is CCOCC.O=C(O)O.O=C(O)O.O=C(O)O.O=C(O)O.c1ccc(-c2ccccc2)cc1. The van der Waals surface area contributed by atoms with Crippen LogP contribution in [-0.2, 0) is 4.74 Å². The normalized spacial score (nSPS) is 7.70. The zero-order valence-corrected chi connectivity index (χ0v) is 17.8. The number of benzene rings is 2. The Bertz CT molecular complexity index is 631. The van der Waals surface area contributed by atoms with Gasteiger partial charge >= 0.3 is 24.6 Å². The third-order valence-electron chi connectivity index (χ3n) is 2.29. The summed E-state index contributed by atoms with van der Waals surface area (Å²) >= 11 is 0. The van der Waals surface area contributed by atoms with Gasteiger partial charge in [0, 0.05) is 13.2 Å². The van der Waals surface area contributed by atoms with E-state index < -0.39 is 24.6 Å². The van der Waals surface area contributed by atoms with Gasteiger partial charge in [-0.3, -0.25) is 0 Å². The summed E-state index contributed by atoms with van der Waals surface area (Å²) < 4.78 is 4.83. The molecule has 0 amide bonds. The minimum Gasteiger partial charge on any atom is -0.450 e. The van der Waals surface area contributed by atoms with Gasteiger partial charge in [-0.15, -0.1) is 0 Å². The van der Waals surface area contributed by atoms with Gasteiger partial charge in [-0.25, -0.2) is 19.2 Å². The molecule has 186 valence electrons. The van der Waals surface area contributed by atoms with Gasteiger partial charge in [-0.1, -0.05) is 60.7 Å². The highest BCUT2D eigenvalue weighted by Gasteiger charge is 1.91. The highest BCUT2D eigenvalue weighted by molar-refractivity contribution is 5.62. The zero-order chi connectivity index (χ0) is 26.7. The molecule has 0 atom stereocenters. The van der Waals surface area contributed by atoms with E-state index in [0.29, 0.717) is 0 Å². The molecule has 0 saturated carbocycles. The van der Waals surface area contributed by atoms with E-state index in [1.165, 1.54) is 11.1 Å². The largest absolute Gasteiger partial charge is 0.503 e. The monoisotopic (exact) mass is 476 g/mol. The van der Waals surface area contributed by atoms with Crippen LogP contribution in [0.4, 0.5) is 19.2 Å². The van der Waals surface area contributed by atoms with Gasteiger partial charge in [-0.05, 0) is 25.0 Å². The van der Waals surface area contributed by atoms with Crippen molar-refractivity contribution in [3.63, 3.8) is 0 Å². The summed E-state index contributed by atoms with van der Waals surface area (Å²) in [5, 5.41) is 55.8. The molecule has 0 fully saturated rings. The maximum Gasteiger partial charge on any atom is 0.503 e. The highest BCUT2D eigenvalue weighted by atomic mass is 16.6. The van der Waals surface area contributed by atoms with Crippen molar-refractivity contribution >= 4 is 24.6 Å². The molecule has 0 unspecified atom stereocenters. The summed E-state index contributed by atoms with van der Waals surface area (Å²) in [6, 6.07) is 20.8. The first-order chi connectivity index (χ1) is 15.3. The van der Waals surface area contributed by atoms with Gasteiger partial charge in [0.1, 0.15) is 0 Å². The molecule has 0 aliphatic heterocycles. The van der Waals surface area contributed by atoms with Crippen molar-refractivity contribution in [1.82, 2.24) is 0 Å². The van der Waals surface area contributed by atoms with E-state index in [1.54, 1.807) is 0 Å². The Kier molecular flexibility index (Phi) is 29.9. The second-order valence-corrected chi connectivity index (χ2v) is 4.64. The van der Waals surface area contributed by atoms with E-state index in [4.69, 9.17) is 64.8 Å². The maximum atomic E-state index is 8.56. The average Bonchev–Trinajstić information content (AvgIpc) is 2.69. The van der Waals surface area contributed by atoms with Gasteiger partial charge in [0.15, 0.2) is 0 Å². The maximum absolute atomic E-state index is 8.56. The molecule has 0 heterocycles. The summed E-state index contributed by atoms with van der Waals surface area (Å²) in [6.07, 6.45) is -7.33. The van der Waals surface area contributed by atoms with Crippen molar-refractivity contribution in [3.05, 3.63) is 60.7 Å². The number of ether oxygens (including phenoxy) is 1. The molecule has 2 rings (SSSR count). The number of hydrogen-bond acceptors (Lipinski definition) is 5. The van der Waals surface area contributed by atoms with E-state index in [-0.39, 0.29) is 0 Å². The van der Waals surface area contributed by atoms with E-state index >= 15 is 0 Å². The Morgan fingerprint density at radius 2 is 0.697 bits per heavy atom. The van der Waals surface area contributed by atoms with Crippen molar-refractivity contribution < 1.29 is 64.8 Å². The smallest absolute Gasteiger partial charge is 0.450 e. The molecule has 33 heavy (non-hydrogen) atoms. The van der Waals surface area contributed by atoms with Crippen LogP contribution in [0.15, 0.2) is 60.7 Å². The summed E-state index contributed by atoms with van der Waals surface area (Å²) in [4.78, 5) is 34.2. The van der Waals surface area contributed by atoms with Gasteiger partial charge in [0.25, 0.3) is 0 Å². The van der Waals surface area contributed by atoms with Crippen molar-refractivity contribution in [3.8, 4) is 11.1 Å². The molecule has 0 saturated heterocycles. The number of carboxylic acid groups (broad SMARTS) is 8. The summed E-state index contributed by atoms with van der Waals surface area (Å²) in [6.45, 7) is 5.67. The predicted octanol–water partition coefficient (Wildman–Crippen LogP) is 5.29. The van der Waals surface area contributed by atoms with Crippen LogP contribution < -0.4 is 0 Å². The van der Waals surface area contributed by atoms with Crippen LogP contribution >= 0.6 is 0 Å². The third kappa shape index (κ3) is 58.4. The second kappa shape index (κ2) is 27.5. The van der Waals surface area contributed by atoms with Crippen LogP contribution in [-0.4, -0.2) is 78.7 Å². The fourth-order valence-corrected chi connectivity index (χ4v) is 1.47. The first-order valence-corrected chi connectivity index (χ1v) is 8.67. The molecule has 0 aliphatic rings. The predicted molar refractivity (Wildman–Crippen MR) is 117 cm³/mol. The molecule has 8 N–H and O–H groups in total. The minimum atomic E-state index is -1.83. The molecule has 0 bridgehead atoms. The van der Waals surface area contributed by atoms with Crippen LogP contribution in [0.1, 0.15) is 13.8 Å². The first kappa shape index (κ1) is 35.9. The lowest BCUT2D eigenvalue weighted by atomic mass is 10.1.